The van der Waals surface area contributed by atoms with Crippen molar-refractivity contribution >= 4 is 40.4 Å². The third-order valence-electron chi connectivity index (χ3n) is 4.51. The van der Waals surface area contributed by atoms with Crippen molar-refractivity contribution in [3.63, 3.8) is 0 Å². The predicted octanol–water partition coefficient (Wildman–Crippen LogP) is 5.17. The van der Waals surface area contributed by atoms with Crippen LogP contribution >= 0.6 is 34.5 Å². The van der Waals surface area contributed by atoms with E-state index in [9.17, 15) is 4.79 Å². The molecule has 0 atom stereocenters. The largest absolute Gasteiger partial charge is 0.489 e. The van der Waals surface area contributed by atoms with E-state index in [1.54, 1.807) is 16.3 Å². The molecule has 1 fully saturated rings. The summed E-state index contributed by atoms with van der Waals surface area (Å²) in [7, 11) is 0. The van der Waals surface area contributed by atoms with Gasteiger partial charge in [0.1, 0.15) is 23.1 Å². The van der Waals surface area contributed by atoms with Gasteiger partial charge in [-0.2, -0.15) is 0 Å². The summed E-state index contributed by atoms with van der Waals surface area (Å²) >= 11 is 13.8. The van der Waals surface area contributed by atoms with E-state index in [0.717, 1.165) is 11.1 Å². The second-order valence-corrected chi connectivity index (χ2v) is 8.20. The average Bonchev–Trinajstić information content (AvgIpc) is 3.23. The number of carbonyl (C=O) groups excluding carboxylic acids is 1. The highest BCUT2D eigenvalue weighted by Gasteiger charge is 2.21. The molecule has 0 spiro atoms. The molecule has 3 aromatic rings. The lowest BCUT2D eigenvalue weighted by Crippen LogP contribution is -2.40. The minimum atomic E-state index is -0.0742. The number of morpholine rings is 1. The van der Waals surface area contributed by atoms with Gasteiger partial charge in [-0.15, -0.1) is 11.3 Å². The first-order valence-corrected chi connectivity index (χ1v) is 10.7. The molecule has 0 radical (unpaired) electrons. The van der Waals surface area contributed by atoms with Crippen LogP contribution in [0.5, 0.6) is 5.75 Å². The third-order valence-corrected chi connectivity index (χ3v) is 5.95. The molecule has 2 aromatic carbocycles. The SMILES string of the molecule is O=C(c1csc(-c2ccc(OCc3ccc(Cl)cc3)cc2Cl)n1)N1CCOCC1. The summed E-state index contributed by atoms with van der Waals surface area (Å²) in [4.78, 5) is 18.8. The first-order chi connectivity index (χ1) is 14.1. The van der Waals surface area contributed by atoms with Crippen LogP contribution in [0.1, 0.15) is 16.1 Å². The Labute approximate surface area is 182 Å². The fourth-order valence-corrected chi connectivity index (χ4v) is 4.21. The summed E-state index contributed by atoms with van der Waals surface area (Å²) in [6.45, 7) is 2.72. The van der Waals surface area contributed by atoms with Crippen LogP contribution in [0.15, 0.2) is 47.8 Å². The number of thiazole rings is 1. The van der Waals surface area contributed by atoms with Crippen LogP contribution in [0.2, 0.25) is 10.0 Å². The van der Waals surface area contributed by atoms with Gasteiger partial charge in [0.15, 0.2) is 0 Å². The van der Waals surface area contributed by atoms with E-state index >= 15 is 0 Å². The van der Waals surface area contributed by atoms with Crippen molar-refractivity contribution in [2.24, 2.45) is 0 Å². The number of benzene rings is 2. The lowest BCUT2D eigenvalue weighted by atomic mass is 10.2. The summed E-state index contributed by atoms with van der Waals surface area (Å²) in [5.74, 6) is 0.588. The Morgan fingerprint density at radius 2 is 1.90 bits per heavy atom. The molecule has 1 saturated heterocycles. The van der Waals surface area contributed by atoms with Crippen LogP contribution < -0.4 is 4.74 Å². The Bertz CT molecular complexity index is 1000. The number of carbonyl (C=O) groups is 1. The van der Waals surface area contributed by atoms with Gasteiger partial charge < -0.3 is 14.4 Å². The number of halogens is 2. The highest BCUT2D eigenvalue weighted by atomic mass is 35.5. The van der Waals surface area contributed by atoms with Crippen LogP contribution in [0.3, 0.4) is 0 Å². The van der Waals surface area contributed by atoms with Crippen molar-refractivity contribution in [1.82, 2.24) is 9.88 Å². The maximum absolute atomic E-state index is 12.6. The zero-order valence-electron chi connectivity index (χ0n) is 15.4. The Balaban J connectivity index is 1.44. The fraction of sp³-hybridized carbons (Fsp3) is 0.238. The summed E-state index contributed by atoms with van der Waals surface area (Å²) in [5, 5.41) is 3.69. The van der Waals surface area contributed by atoms with Crippen LogP contribution in [0.25, 0.3) is 10.6 Å². The van der Waals surface area contributed by atoms with E-state index in [4.69, 9.17) is 32.7 Å². The number of rotatable bonds is 5. The summed E-state index contributed by atoms with van der Waals surface area (Å²) in [6.07, 6.45) is 0. The van der Waals surface area contributed by atoms with Gasteiger partial charge in [0.25, 0.3) is 5.91 Å². The minimum Gasteiger partial charge on any atom is -0.489 e. The second kappa shape index (κ2) is 9.13. The average molecular weight is 449 g/mol. The Kier molecular flexibility index (Phi) is 6.35. The topological polar surface area (TPSA) is 51.7 Å². The molecule has 8 heteroatoms. The van der Waals surface area contributed by atoms with Crippen molar-refractivity contribution in [2.45, 2.75) is 6.61 Å². The zero-order chi connectivity index (χ0) is 20.2. The quantitative estimate of drug-likeness (QED) is 0.540. The molecule has 0 unspecified atom stereocenters. The number of amides is 1. The highest BCUT2D eigenvalue weighted by Crippen LogP contribution is 2.33. The van der Waals surface area contributed by atoms with Crippen molar-refractivity contribution < 1.29 is 14.3 Å². The van der Waals surface area contributed by atoms with Crippen molar-refractivity contribution in [1.29, 1.82) is 0 Å². The van der Waals surface area contributed by atoms with Gasteiger partial charge in [-0.1, -0.05) is 35.3 Å². The van der Waals surface area contributed by atoms with E-state index in [1.807, 2.05) is 36.4 Å². The molecule has 0 aliphatic carbocycles. The molecule has 1 amide bonds. The van der Waals surface area contributed by atoms with Crippen LogP contribution in [-0.2, 0) is 11.3 Å². The van der Waals surface area contributed by atoms with Gasteiger partial charge in [0.05, 0.1) is 18.2 Å². The van der Waals surface area contributed by atoms with E-state index < -0.39 is 0 Å². The zero-order valence-corrected chi connectivity index (χ0v) is 17.8. The molecule has 4 rings (SSSR count). The van der Waals surface area contributed by atoms with E-state index in [1.165, 1.54) is 11.3 Å². The summed E-state index contributed by atoms with van der Waals surface area (Å²) < 4.78 is 11.1. The lowest BCUT2D eigenvalue weighted by Gasteiger charge is -2.25. The van der Waals surface area contributed by atoms with Crippen molar-refractivity contribution in [3.05, 3.63) is 69.1 Å². The van der Waals surface area contributed by atoms with Crippen LogP contribution in [0, 0.1) is 0 Å². The van der Waals surface area contributed by atoms with E-state index in [0.29, 0.717) is 59.4 Å². The van der Waals surface area contributed by atoms with Crippen molar-refractivity contribution in [3.8, 4) is 16.3 Å². The van der Waals surface area contributed by atoms with Gasteiger partial charge >= 0.3 is 0 Å². The standard InChI is InChI=1S/C21H18Cl2N2O3S/c22-15-3-1-14(2-4-15)12-28-16-5-6-17(18(23)11-16)20-24-19(13-29-20)21(26)25-7-9-27-10-8-25/h1-6,11,13H,7-10,12H2. The number of nitrogens with zero attached hydrogens (tertiary/aromatic N) is 2. The van der Waals surface area contributed by atoms with Gasteiger partial charge in [-0.3, -0.25) is 4.79 Å². The maximum Gasteiger partial charge on any atom is 0.273 e. The molecular weight excluding hydrogens is 431 g/mol. The second-order valence-electron chi connectivity index (χ2n) is 6.50. The fourth-order valence-electron chi connectivity index (χ4n) is 2.93. The number of hydrogen-bond acceptors (Lipinski definition) is 5. The lowest BCUT2D eigenvalue weighted by molar-refractivity contribution is 0.0299. The normalized spacial score (nSPS) is 14.1. The van der Waals surface area contributed by atoms with Gasteiger partial charge in [-0.25, -0.2) is 4.98 Å². The van der Waals surface area contributed by atoms with Gasteiger partial charge in [-0.05, 0) is 35.9 Å². The van der Waals surface area contributed by atoms with Crippen molar-refractivity contribution in [2.75, 3.05) is 26.3 Å². The third kappa shape index (κ3) is 4.90. The minimum absolute atomic E-state index is 0.0742. The molecule has 1 aliphatic heterocycles. The Morgan fingerprint density at radius 1 is 1.14 bits per heavy atom. The van der Waals surface area contributed by atoms with E-state index in [2.05, 4.69) is 4.98 Å². The smallest absolute Gasteiger partial charge is 0.273 e. The van der Waals surface area contributed by atoms with Crippen LogP contribution in [-0.4, -0.2) is 42.1 Å². The monoisotopic (exact) mass is 448 g/mol. The predicted molar refractivity (Wildman–Crippen MR) is 115 cm³/mol. The Hall–Kier alpha value is -2.12. The highest BCUT2D eigenvalue weighted by molar-refractivity contribution is 7.13. The molecule has 150 valence electrons. The van der Waals surface area contributed by atoms with Crippen LogP contribution in [0.4, 0.5) is 0 Å². The number of aromatic nitrogens is 1. The number of ether oxygens (including phenoxy) is 2. The van der Waals surface area contributed by atoms with E-state index in [-0.39, 0.29) is 5.91 Å². The molecule has 5 nitrogen and oxygen atoms in total. The number of hydrogen-bond donors (Lipinski definition) is 0. The molecule has 29 heavy (non-hydrogen) atoms. The molecule has 1 aliphatic rings. The molecule has 0 N–H and O–H groups in total. The summed E-state index contributed by atoms with van der Waals surface area (Å²) in [5.41, 5.74) is 2.23. The molecule has 0 saturated carbocycles. The molecule has 2 heterocycles. The molecule has 0 bridgehead atoms. The Morgan fingerprint density at radius 3 is 2.62 bits per heavy atom. The van der Waals surface area contributed by atoms with Gasteiger partial charge in [0, 0.05) is 29.1 Å². The summed E-state index contributed by atoms with van der Waals surface area (Å²) in [6, 6.07) is 13.0. The maximum atomic E-state index is 12.6. The molecule has 1 aromatic heterocycles. The first-order valence-electron chi connectivity index (χ1n) is 9.10. The molecular formula is C21H18Cl2N2O3S. The van der Waals surface area contributed by atoms with Gasteiger partial charge in [0.2, 0.25) is 0 Å². The first kappa shape index (κ1) is 20.2.